The Morgan fingerprint density at radius 3 is 2.17 bits per heavy atom. The zero-order valence-electron chi connectivity index (χ0n) is 15.2. The molecule has 0 fully saturated rings. The standard InChI is InChI=1S/C17H27FN2O3S/c1-16(2,3)12-17(4,5)19-15(21)11-20(24(6,22)23)14-10-8-7-9-13(14)18/h7-10H,11-12H2,1-6H3,(H,19,21). The summed E-state index contributed by atoms with van der Waals surface area (Å²) in [6.45, 7) is 9.47. The summed E-state index contributed by atoms with van der Waals surface area (Å²) >= 11 is 0. The van der Waals surface area contributed by atoms with Crippen LogP contribution in [0, 0.1) is 11.2 Å². The van der Waals surface area contributed by atoms with Crippen LogP contribution in [0.1, 0.15) is 41.0 Å². The lowest BCUT2D eigenvalue weighted by molar-refractivity contribution is -0.121. The first kappa shape index (κ1) is 20.4. The molecule has 0 aliphatic rings. The lowest BCUT2D eigenvalue weighted by Gasteiger charge is -2.34. The van der Waals surface area contributed by atoms with Crippen molar-refractivity contribution in [3.8, 4) is 0 Å². The van der Waals surface area contributed by atoms with Crippen molar-refractivity contribution in [2.45, 2.75) is 46.6 Å². The first-order valence-corrected chi connectivity index (χ1v) is 9.59. The third kappa shape index (κ3) is 6.47. The highest BCUT2D eigenvalue weighted by Gasteiger charge is 2.29. The summed E-state index contributed by atoms with van der Waals surface area (Å²) in [4.78, 5) is 12.3. The fraction of sp³-hybridized carbons (Fsp3) is 0.588. The molecule has 0 radical (unpaired) electrons. The van der Waals surface area contributed by atoms with Crippen LogP contribution in [0.25, 0.3) is 0 Å². The van der Waals surface area contributed by atoms with Gasteiger partial charge in [-0.1, -0.05) is 32.9 Å². The molecule has 1 amide bonds. The number of carbonyl (C=O) groups is 1. The average molecular weight is 358 g/mol. The molecule has 5 nitrogen and oxygen atoms in total. The van der Waals surface area contributed by atoms with Crippen molar-refractivity contribution < 1.29 is 17.6 Å². The first-order chi connectivity index (χ1) is 10.7. The molecule has 1 rings (SSSR count). The Kier molecular flexibility index (Phi) is 6.03. The van der Waals surface area contributed by atoms with E-state index in [1.54, 1.807) is 0 Å². The quantitative estimate of drug-likeness (QED) is 0.850. The fourth-order valence-corrected chi connectivity index (χ4v) is 3.81. The molecule has 1 aromatic carbocycles. The number of sulfonamides is 1. The molecule has 0 atom stereocenters. The Balaban J connectivity index is 2.97. The van der Waals surface area contributed by atoms with E-state index in [-0.39, 0.29) is 11.1 Å². The van der Waals surface area contributed by atoms with Crippen LogP contribution in [0.4, 0.5) is 10.1 Å². The fourth-order valence-electron chi connectivity index (χ4n) is 2.95. The number of halogens is 1. The largest absolute Gasteiger partial charge is 0.350 e. The van der Waals surface area contributed by atoms with Gasteiger partial charge in [-0.2, -0.15) is 0 Å². The van der Waals surface area contributed by atoms with Crippen LogP contribution in [0.2, 0.25) is 0 Å². The SMILES string of the molecule is CC(C)(C)CC(C)(C)NC(=O)CN(c1ccccc1F)S(C)(=O)=O. The molecule has 1 aromatic rings. The van der Waals surface area contributed by atoms with Gasteiger partial charge >= 0.3 is 0 Å². The molecule has 0 aliphatic heterocycles. The molecule has 24 heavy (non-hydrogen) atoms. The van der Waals surface area contributed by atoms with Crippen LogP contribution in [-0.4, -0.2) is 32.7 Å². The zero-order chi connectivity index (χ0) is 18.8. The highest BCUT2D eigenvalue weighted by molar-refractivity contribution is 7.92. The smallest absolute Gasteiger partial charge is 0.241 e. The summed E-state index contributed by atoms with van der Waals surface area (Å²) in [7, 11) is -3.79. The van der Waals surface area contributed by atoms with E-state index >= 15 is 0 Å². The minimum absolute atomic E-state index is 0.00115. The maximum Gasteiger partial charge on any atom is 0.241 e. The second kappa shape index (κ2) is 7.09. The molecular formula is C17H27FN2O3S. The summed E-state index contributed by atoms with van der Waals surface area (Å²) in [5, 5.41) is 2.84. The summed E-state index contributed by atoms with van der Waals surface area (Å²) in [5.74, 6) is -1.16. The number of benzene rings is 1. The molecule has 0 saturated carbocycles. The number of hydrogen-bond acceptors (Lipinski definition) is 3. The zero-order valence-corrected chi connectivity index (χ0v) is 16.0. The highest BCUT2D eigenvalue weighted by Crippen LogP contribution is 2.27. The van der Waals surface area contributed by atoms with E-state index in [4.69, 9.17) is 0 Å². The lowest BCUT2D eigenvalue weighted by Crippen LogP contribution is -2.50. The second-order valence-corrected chi connectivity index (χ2v) is 9.80. The third-order valence-corrected chi connectivity index (χ3v) is 4.39. The molecule has 7 heteroatoms. The molecule has 136 valence electrons. The first-order valence-electron chi connectivity index (χ1n) is 7.75. The number of carbonyl (C=O) groups excluding carboxylic acids is 1. The van der Waals surface area contributed by atoms with E-state index in [9.17, 15) is 17.6 Å². The molecule has 0 unspecified atom stereocenters. The van der Waals surface area contributed by atoms with Gasteiger partial charge in [0, 0.05) is 5.54 Å². The van der Waals surface area contributed by atoms with Crippen molar-refractivity contribution in [3.63, 3.8) is 0 Å². The Morgan fingerprint density at radius 2 is 1.71 bits per heavy atom. The van der Waals surface area contributed by atoms with Crippen molar-refractivity contribution >= 4 is 21.6 Å². The number of hydrogen-bond donors (Lipinski definition) is 1. The van der Waals surface area contributed by atoms with Gasteiger partial charge in [0.05, 0.1) is 11.9 Å². The van der Waals surface area contributed by atoms with Crippen LogP contribution in [0.15, 0.2) is 24.3 Å². The summed E-state index contributed by atoms with van der Waals surface area (Å²) in [5.41, 5.74) is -0.643. The molecule has 0 heterocycles. The van der Waals surface area contributed by atoms with Crippen LogP contribution < -0.4 is 9.62 Å². The van der Waals surface area contributed by atoms with Gasteiger partial charge in [0.1, 0.15) is 12.4 Å². The molecule has 0 aromatic heterocycles. The molecule has 1 N–H and O–H groups in total. The number of anilines is 1. The average Bonchev–Trinajstić information content (AvgIpc) is 2.31. The van der Waals surface area contributed by atoms with E-state index in [0.29, 0.717) is 6.42 Å². The van der Waals surface area contributed by atoms with Crippen molar-refractivity contribution in [1.82, 2.24) is 5.32 Å². The Labute approximate surface area is 144 Å². The van der Waals surface area contributed by atoms with Gasteiger partial charge < -0.3 is 5.32 Å². The summed E-state index contributed by atoms with van der Waals surface area (Å²) in [6.07, 6.45) is 1.66. The van der Waals surface area contributed by atoms with Gasteiger partial charge in [-0.05, 0) is 37.8 Å². The van der Waals surface area contributed by atoms with Crippen LogP contribution >= 0.6 is 0 Å². The third-order valence-electron chi connectivity index (χ3n) is 3.26. The van der Waals surface area contributed by atoms with Crippen molar-refractivity contribution in [2.24, 2.45) is 5.41 Å². The summed E-state index contributed by atoms with van der Waals surface area (Å²) < 4.78 is 38.7. The van der Waals surface area contributed by atoms with E-state index in [2.05, 4.69) is 26.1 Å². The minimum atomic E-state index is -3.79. The Bertz CT molecular complexity index is 694. The molecular weight excluding hydrogens is 331 g/mol. The van der Waals surface area contributed by atoms with Gasteiger partial charge in [0.15, 0.2) is 0 Å². The molecule has 0 aliphatic carbocycles. The Morgan fingerprint density at radius 1 is 1.17 bits per heavy atom. The van der Waals surface area contributed by atoms with Crippen molar-refractivity contribution in [3.05, 3.63) is 30.1 Å². The van der Waals surface area contributed by atoms with Crippen molar-refractivity contribution in [1.29, 1.82) is 0 Å². The van der Waals surface area contributed by atoms with Gasteiger partial charge in [0.2, 0.25) is 15.9 Å². The van der Waals surface area contributed by atoms with Gasteiger partial charge in [-0.3, -0.25) is 9.10 Å². The number of nitrogens with zero attached hydrogens (tertiary/aromatic N) is 1. The molecule has 0 spiro atoms. The van der Waals surface area contributed by atoms with E-state index in [1.165, 1.54) is 18.2 Å². The van der Waals surface area contributed by atoms with E-state index < -0.39 is 33.8 Å². The summed E-state index contributed by atoms with van der Waals surface area (Å²) in [6, 6.07) is 5.49. The highest BCUT2D eigenvalue weighted by atomic mass is 32.2. The monoisotopic (exact) mass is 358 g/mol. The van der Waals surface area contributed by atoms with Gasteiger partial charge in [-0.15, -0.1) is 0 Å². The normalized spacial score (nSPS) is 12.8. The maximum atomic E-state index is 13.9. The van der Waals surface area contributed by atoms with Crippen LogP contribution in [0.3, 0.4) is 0 Å². The van der Waals surface area contributed by atoms with E-state index in [1.807, 2.05) is 13.8 Å². The van der Waals surface area contributed by atoms with Gasteiger partial charge in [-0.25, -0.2) is 12.8 Å². The lowest BCUT2D eigenvalue weighted by atomic mass is 9.82. The maximum absolute atomic E-state index is 13.9. The molecule has 0 saturated heterocycles. The molecule has 0 bridgehead atoms. The van der Waals surface area contributed by atoms with Crippen LogP contribution in [0.5, 0.6) is 0 Å². The Hall–Kier alpha value is -1.63. The van der Waals surface area contributed by atoms with Gasteiger partial charge in [0.25, 0.3) is 0 Å². The topological polar surface area (TPSA) is 66.5 Å². The number of rotatable bonds is 6. The van der Waals surface area contributed by atoms with Crippen LogP contribution in [-0.2, 0) is 14.8 Å². The predicted molar refractivity (Wildman–Crippen MR) is 94.9 cm³/mol. The minimum Gasteiger partial charge on any atom is -0.350 e. The van der Waals surface area contributed by atoms with Crippen molar-refractivity contribution in [2.75, 3.05) is 17.1 Å². The number of para-hydroxylation sites is 1. The predicted octanol–water partition coefficient (Wildman–Crippen LogP) is 2.92. The number of amides is 1. The number of nitrogens with one attached hydrogen (secondary N) is 1. The second-order valence-electron chi connectivity index (χ2n) is 7.89. The van der Waals surface area contributed by atoms with E-state index in [0.717, 1.165) is 16.6 Å².